The number of nitrogens with one attached hydrogen (secondary N) is 2. The number of rotatable bonds is 7. The van der Waals surface area contributed by atoms with Crippen LogP contribution in [0.15, 0.2) is 48.5 Å². The number of carbonyl (C=O) groups is 3. The van der Waals surface area contributed by atoms with E-state index in [1.165, 1.54) is 5.56 Å². The van der Waals surface area contributed by atoms with E-state index in [1.807, 2.05) is 18.2 Å². The van der Waals surface area contributed by atoms with E-state index in [0.717, 1.165) is 42.9 Å². The minimum absolute atomic E-state index is 0.0631. The number of hydrogen-bond donors (Lipinski definition) is 2. The zero-order chi connectivity index (χ0) is 23.5. The van der Waals surface area contributed by atoms with Crippen LogP contribution < -0.4 is 20.1 Å². The number of likely N-dealkylation sites (tertiary alicyclic amines) is 1. The molecule has 2 N–H and O–H groups in total. The molecule has 2 aromatic carbocycles. The van der Waals surface area contributed by atoms with Gasteiger partial charge in [0.1, 0.15) is 6.04 Å². The van der Waals surface area contributed by atoms with E-state index in [-0.39, 0.29) is 31.7 Å². The summed E-state index contributed by atoms with van der Waals surface area (Å²) in [6, 6.07) is 14.4. The Morgan fingerprint density at radius 2 is 1.74 bits per heavy atom. The van der Waals surface area contributed by atoms with Gasteiger partial charge in [-0.15, -0.1) is 0 Å². The minimum Gasteiger partial charge on any atom is -0.454 e. The smallest absolute Gasteiger partial charge is 0.325 e. The summed E-state index contributed by atoms with van der Waals surface area (Å²) in [5, 5.41) is 5.68. The Labute approximate surface area is 198 Å². The van der Waals surface area contributed by atoms with E-state index in [0.29, 0.717) is 11.5 Å². The van der Waals surface area contributed by atoms with E-state index >= 15 is 0 Å². The van der Waals surface area contributed by atoms with Crippen molar-refractivity contribution in [1.82, 2.24) is 20.4 Å². The Morgan fingerprint density at radius 3 is 2.53 bits per heavy atom. The molecule has 2 fully saturated rings. The lowest BCUT2D eigenvalue weighted by Gasteiger charge is -2.32. The van der Waals surface area contributed by atoms with Crippen LogP contribution in [0.4, 0.5) is 4.79 Å². The average molecular weight is 465 g/mol. The predicted molar refractivity (Wildman–Crippen MR) is 123 cm³/mol. The molecule has 3 aliphatic heterocycles. The summed E-state index contributed by atoms with van der Waals surface area (Å²) >= 11 is 0. The summed E-state index contributed by atoms with van der Waals surface area (Å²) in [5.74, 6) is 0.622. The van der Waals surface area contributed by atoms with Crippen molar-refractivity contribution in [2.24, 2.45) is 0 Å². The van der Waals surface area contributed by atoms with Gasteiger partial charge >= 0.3 is 6.03 Å². The van der Waals surface area contributed by atoms with Crippen molar-refractivity contribution in [3.63, 3.8) is 0 Å². The molecule has 5 rings (SSSR count). The van der Waals surface area contributed by atoms with Gasteiger partial charge in [-0.25, -0.2) is 4.79 Å². The van der Waals surface area contributed by atoms with Crippen LogP contribution in [-0.4, -0.2) is 59.6 Å². The molecule has 2 saturated heterocycles. The Morgan fingerprint density at radius 1 is 0.971 bits per heavy atom. The van der Waals surface area contributed by atoms with E-state index in [2.05, 4.69) is 27.7 Å². The van der Waals surface area contributed by atoms with Crippen LogP contribution in [-0.2, 0) is 22.7 Å². The van der Waals surface area contributed by atoms with Crippen LogP contribution >= 0.6 is 0 Å². The molecule has 178 valence electrons. The molecule has 0 aliphatic carbocycles. The Kier molecular flexibility index (Phi) is 6.35. The Balaban J connectivity index is 1.09. The maximum Gasteiger partial charge on any atom is 0.325 e. The lowest BCUT2D eigenvalue weighted by atomic mass is 10.0. The van der Waals surface area contributed by atoms with Crippen molar-refractivity contribution in [3.8, 4) is 11.5 Å². The van der Waals surface area contributed by atoms with Gasteiger partial charge in [-0.1, -0.05) is 36.4 Å². The highest BCUT2D eigenvalue weighted by atomic mass is 16.7. The van der Waals surface area contributed by atoms with Crippen LogP contribution in [0.5, 0.6) is 11.5 Å². The first kappa shape index (κ1) is 22.2. The highest BCUT2D eigenvalue weighted by Crippen LogP contribution is 2.33. The van der Waals surface area contributed by atoms with Crippen LogP contribution in [0.2, 0.25) is 0 Å². The molecule has 4 amide bonds. The number of amides is 4. The third kappa shape index (κ3) is 4.99. The molecule has 0 radical (unpaired) electrons. The fraction of sp³-hybridized carbons (Fsp3) is 0.400. The number of piperidine rings is 1. The fourth-order valence-electron chi connectivity index (χ4n) is 4.64. The first-order chi connectivity index (χ1) is 16.5. The second-order valence-corrected chi connectivity index (χ2v) is 8.92. The quantitative estimate of drug-likeness (QED) is 0.608. The Bertz CT molecular complexity index is 1070. The van der Waals surface area contributed by atoms with Gasteiger partial charge in [0.2, 0.25) is 12.7 Å². The van der Waals surface area contributed by atoms with Crippen LogP contribution in [0.3, 0.4) is 0 Å². The van der Waals surface area contributed by atoms with E-state index in [1.54, 1.807) is 18.2 Å². The molecule has 3 heterocycles. The van der Waals surface area contributed by atoms with Gasteiger partial charge in [0, 0.05) is 25.7 Å². The maximum absolute atomic E-state index is 12.8. The molecule has 0 aromatic heterocycles. The normalized spacial score (nSPS) is 20.5. The van der Waals surface area contributed by atoms with E-state index in [9.17, 15) is 14.4 Å². The summed E-state index contributed by atoms with van der Waals surface area (Å²) in [6.45, 7) is 2.98. The first-order valence-corrected chi connectivity index (χ1v) is 11.6. The number of urea groups is 1. The van der Waals surface area contributed by atoms with Crippen molar-refractivity contribution in [3.05, 3.63) is 59.7 Å². The minimum atomic E-state index is -0.848. The summed E-state index contributed by atoms with van der Waals surface area (Å²) < 4.78 is 10.6. The molecule has 0 bridgehead atoms. The van der Waals surface area contributed by atoms with Crippen LogP contribution in [0.1, 0.15) is 30.4 Å². The number of fused-ring (bicyclic) bond motifs is 1. The summed E-state index contributed by atoms with van der Waals surface area (Å²) in [7, 11) is 0. The molecule has 0 spiro atoms. The number of nitrogens with zero attached hydrogens (tertiary/aromatic N) is 2. The summed E-state index contributed by atoms with van der Waals surface area (Å²) in [4.78, 5) is 41.3. The van der Waals surface area contributed by atoms with Crippen molar-refractivity contribution < 1.29 is 23.9 Å². The largest absolute Gasteiger partial charge is 0.454 e. The second kappa shape index (κ2) is 9.72. The second-order valence-electron chi connectivity index (χ2n) is 8.92. The summed E-state index contributed by atoms with van der Waals surface area (Å²) in [6.07, 6.45) is 1.66. The van der Waals surface area contributed by atoms with Gasteiger partial charge in [-0.05, 0) is 36.1 Å². The van der Waals surface area contributed by atoms with Crippen molar-refractivity contribution in [2.75, 3.05) is 19.9 Å². The van der Waals surface area contributed by atoms with Gasteiger partial charge in [-0.3, -0.25) is 19.4 Å². The molecule has 0 saturated carbocycles. The third-order valence-electron chi connectivity index (χ3n) is 6.48. The average Bonchev–Trinajstić information content (AvgIpc) is 3.41. The zero-order valence-corrected chi connectivity index (χ0v) is 18.9. The molecule has 9 nitrogen and oxygen atoms in total. The number of benzene rings is 2. The van der Waals surface area contributed by atoms with Crippen molar-refractivity contribution in [2.45, 2.75) is 44.4 Å². The van der Waals surface area contributed by atoms with Gasteiger partial charge in [0.05, 0.1) is 13.0 Å². The monoisotopic (exact) mass is 464 g/mol. The molecular formula is C25H28N4O5. The third-order valence-corrected chi connectivity index (χ3v) is 6.48. The van der Waals surface area contributed by atoms with E-state index < -0.39 is 18.0 Å². The van der Waals surface area contributed by atoms with Gasteiger partial charge in [-0.2, -0.15) is 0 Å². The van der Waals surface area contributed by atoms with Crippen molar-refractivity contribution >= 4 is 17.8 Å². The predicted octanol–water partition coefficient (Wildman–Crippen LogP) is 2.01. The molecule has 34 heavy (non-hydrogen) atoms. The van der Waals surface area contributed by atoms with Gasteiger partial charge in [0.15, 0.2) is 11.5 Å². The van der Waals surface area contributed by atoms with Gasteiger partial charge < -0.3 is 20.1 Å². The molecule has 3 aliphatic rings. The number of hydrogen-bond acceptors (Lipinski definition) is 6. The zero-order valence-electron chi connectivity index (χ0n) is 18.9. The molecule has 9 heteroatoms. The Hall–Kier alpha value is -3.59. The van der Waals surface area contributed by atoms with E-state index in [4.69, 9.17) is 9.47 Å². The first-order valence-electron chi connectivity index (χ1n) is 11.6. The molecule has 2 aromatic rings. The number of imide groups is 1. The number of carbonyl (C=O) groups excluding carboxylic acids is 3. The number of ether oxygens (including phenoxy) is 2. The van der Waals surface area contributed by atoms with Crippen LogP contribution in [0, 0.1) is 0 Å². The standard InChI is InChI=1S/C25H28N4O5/c30-23(26-19-8-10-28(11-9-19)14-17-4-2-1-3-5-17)13-20-24(31)29(25(32)27-20)15-18-6-7-21-22(12-18)34-16-33-21/h1-7,12,19-20H,8-11,13-16H2,(H,26,30)(H,27,32)/t20-/m1/s1. The van der Waals surface area contributed by atoms with Gasteiger partial charge in [0.25, 0.3) is 5.91 Å². The molecule has 1 atom stereocenters. The van der Waals surface area contributed by atoms with Crippen LogP contribution in [0.25, 0.3) is 0 Å². The molecule has 0 unspecified atom stereocenters. The lowest BCUT2D eigenvalue weighted by Crippen LogP contribution is -2.46. The topological polar surface area (TPSA) is 100 Å². The highest BCUT2D eigenvalue weighted by Gasteiger charge is 2.39. The maximum atomic E-state index is 12.8. The summed E-state index contributed by atoms with van der Waals surface area (Å²) in [5.41, 5.74) is 2.03. The fourth-order valence-corrected chi connectivity index (χ4v) is 4.64. The van der Waals surface area contributed by atoms with Crippen molar-refractivity contribution in [1.29, 1.82) is 0 Å². The SMILES string of the molecule is O=C(C[C@H]1NC(=O)N(Cc2ccc3c(c2)OCO3)C1=O)NC1CCN(Cc2ccccc2)CC1. The molecular weight excluding hydrogens is 436 g/mol. The highest BCUT2D eigenvalue weighted by molar-refractivity contribution is 6.05. The lowest BCUT2D eigenvalue weighted by molar-refractivity contribution is -0.131.